The van der Waals surface area contributed by atoms with Crippen molar-refractivity contribution in [1.82, 2.24) is 4.90 Å². The number of carbonyl (C=O) groups is 1. The summed E-state index contributed by atoms with van der Waals surface area (Å²) < 4.78 is 0. The molecule has 124 valence electrons. The maximum absolute atomic E-state index is 12.9. The summed E-state index contributed by atoms with van der Waals surface area (Å²) in [6.45, 7) is 8.58. The summed E-state index contributed by atoms with van der Waals surface area (Å²) in [4.78, 5) is 15.0. The molecule has 1 rings (SSSR count). The highest BCUT2D eigenvalue weighted by atomic mass is 16.2. The number of rotatable bonds is 3. The molecule has 0 aromatic rings. The first-order valence-electron chi connectivity index (χ1n) is 9.36. The first-order chi connectivity index (χ1) is 10.0. The van der Waals surface area contributed by atoms with Crippen molar-refractivity contribution in [3.05, 3.63) is 0 Å². The van der Waals surface area contributed by atoms with Gasteiger partial charge in [0.05, 0.1) is 0 Å². The van der Waals surface area contributed by atoms with Gasteiger partial charge in [0.15, 0.2) is 0 Å². The predicted octanol–water partition coefficient (Wildman–Crippen LogP) is 5.55. The Labute approximate surface area is 132 Å². The fraction of sp³-hybridized carbons (Fsp3) is 0.947. The molecule has 0 aromatic heterocycles. The van der Waals surface area contributed by atoms with Crippen LogP contribution in [0.1, 0.15) is 98.3 Å². The predicted molar refractivity (Wildman–Crippen MR) is 91.4 cm³/mol. The first kappa shape index (κ1) is 18.5. The van der Waals surface area contributed by atoms with Crippen LogP contribution in [0.2, 0.25) is 0 Å². The molecule has 2 heteroatoms. The molecule has 2 nitrogen and oxygen atoms in total. The quantitative estimate of drug-likeness (QED) is 0.668. The third kappa shape index (κ3) is 6.84. The van der Waals surface area contributed by atoms with E-state index < -0.39 is 0 Å². The summed E-state index contributed by atoms with van der Waals surface area (Å²) in [6.07, 6.45) is 14.2. The van der Waals surface area contributed by atoms with Gasteiger partial charge in [-0.2, -0.15) is 0 Å². The molecule has 0 spiro atoms. The minimum Gasteiger partial charge on any atom is -0.338 e. The number of hydrogen-bond donors (Lipinski definition) is 0. The molecule has 0 unspecified atom stereocenters. The molecule has 1 aliphatic rings. The molecule has 1 fully saturated rings. The van der Waals surface area contributed by atoms with Crippen molar-refractivity contribution in [3.63, 3.8) is 0 Å². The van der Waals surface area contributed by atoms with Gasteiger partial charge in [-0.15, -0.1) is 0 Å². The van der Waals surface area contributed by atoms with Gasteiger partial charge < -0.3 is 4.90 Å². The minimum atomic E-state index is 0.272. The maximum atomic E-state index is 12.9. The van der Waals surface area contributed by atoms with Crippen LogP contribution in [0.15, 0.2) is 0 Å². The Morgan fingerprint density at radius 1 is 0.714 bits per heavy atom. The highest BCUT2D eigenvalue weighted by Crippen LogP contribution is 2.24. The van der Waals surface area contributed by atoms with Crippen molar-refractivity contribution in [1.29, 1.82) is 0 Å². The van der Waals surface area contributed by atoms with Crippen LogP contribution in [-0.4, -0.2) is 22.9 Å². The lowest BCUT2D eigenvalue weighted by Crippen LogP contribution is -2.45. The lowest BCUT2D eigenvalue weighted by Gasteiger charge is -2.34. The van der Waals surface area contributed by atoms with Crippen molar-refractivity contribution in [2.45, 2.75) is 110 Å². The lowest BCUT2D eigenvalue weighted by atomic mass is 9.91. The fourth-order valence-electron chi connectivity index (χ4n) is 3.73. The molecule has 0 radical (unpaired) electrons. The molecule has 1 aliphatic carbocycles. The lowest BCUT2D eigenvalue weighted by molar-refractivity contribution is -0.139. The van der Waals surface area contributed by atoms with Gasteiger partial charge >= 0.3 is 0 Å². The highest BCUT2D eigenvalue weighted by molar-refractivity contribution is 5.79. The van der Waals surface area contributed by atoms with Crippen molar-refractivity contribution in [2.24, 2.45) is 5.92 Å². The average molecular weight is 296 g/mol. The molecule has 0 heterocycles. The van der Waals surface area contributed by atoms with E-state index in [0.29, 0.717) is 18.0 Å². The van der Waals surface area contributed by atoms with Crippen LogP contribution in [0.25, 0.3) is 0 Å². The van der Waals surface area contributed by atoms with Crippen LogP contribution in [-0.2, 0) is 4.79 Å². The fourth-order valence-corrected chi connectivity index (χ4v) is 3.73. The summed E-state index contributed by atoms with van der Waals surface area (Å²) >= 11 is 0. The molecule has 0 atom stereocenters. The Bertz CT molecular complexity index is 265. The SMILES string of the molecule is CC(C)N(C(=O)C1CCCCCCCCCCC1)C(C)C. The molecule has 1 saturated carbocycles. The molecule has 21 heavy (non-hydrogen) atoms. The Balaban J connectivity index is 2.62. The molecule has 1 amide bonds. The molecule has 0 aliphatic heterocycles. The summed E-state index contributed by atoms with van der Waals surface area (Å²) in [5.41, 5.74) is 0. The van der Waals surface area contributed by atoms with E-state index in [-0.39, 0.29) is 5.92 Å². The number of carbonyl (C=O) groups excluding carboxylic acids is 1. The Morgan fingerprint density at radius 2 is 1.05 bits per heavy atom. The summed E-state index contributed by atoms with van der Waals surface area (Å²) in [5, 5.41) is 0. The molecule has 0 bridgehead atoms. The van der Waals surface area contributed by atoms with Gasteiger partial charge in [0.25, 0.3) is 0 Å². The van der Waals surface area contributed by atoms with Crippen LogP contribution >= 0.6 is 0 Å². The number of amides is 1. The van der Waals surface area contributed by atoms with E-state index >= 15 is 0 Å². The van der Waals surface area contributed by atoms with Crippen molar-refractivity contribution in [3.8, 4) is 0 Å². The topological polar surface area (TPSA) is 20.3 Å². The number of nitrogens with zero attached hydrogens (tertiary/aromatic N) is 1. The Hall–Kier alpha value is -0.530. The van der Waals surface area contributed by atoms with Crippen LogP contribution in [0.4, 0.5) is 0 Å². The van der Waals surface area contributed by atoms with Crippen LogP contribution in [0, 0.1) is 5.92 Å². The van der Waals surface area contributed by atoms with Gasteiger partial charge in [-0.1, -0.05) is 57.8 Å². The first-order valence-corrected chi connectivity index (χ1v) is 9.36. The highest BCUT2D eigenvalue weighted by Gasteiger charge is 2.27. The summed E-state index contributed by atoms with van der Waals surface area (Å²) in [7, 11) is 0. The zero-order chi connectivity index (χ0) is 15.7. The van der Waals surface area contributed by atoms with Gasteiger partial charge in [0, 0.05) is 18.0 Å². The number of hydrogen-bond acceptors (Lipinski definition) is 1. The van der Waals surface area contributed by atoms with E-state index in [4.69, 9.17) is 0 Å². The van der Waals surface area contributed by atoms with Crippen molar-refractivity contribution in [2.75, 3.05) is 0 Å². The van der Waals surface area contributed by atoms with Crippen molar-refractivity contribution < 1.29 is 4.79 Å². The second-order valence-corrected chi connectivity index (χ2v) is 7.39. The van der Waals surface area contributed by atoms with Gasteiger partial charge in [-0.3, -0.25) is 4.79 Å². The monoisotopic (exact) mass is 295 g/mol. The summed E-state index contributed by atoms with van der Waals surface area (Å²) in [6, 6.07) is 0.637. The van der Waals surface area contributed by atoms with Crippen LogP contribution in [0.3, 0.4) is 0 Å². The van der Waals surface area contributed by atoms with Gasteiger partial charge in [-0.25, -0.2) is 0 Å². The molecule has 0 saturated heterocycles. The zero-order valence-corrected chi connectivity index (χ0v) is 14.9. The normalized spacial score (nSPS) is 20.1. The molecular formula is C19H37NO. The smallest absolute Gasteiger partial charge is 0.226 e. The van der Waals surface area contributed by atoms with E-state index in [1.807, 2.05) is 0 Å². The van der Waals surface area contributed by atoms with E-state index in [0.717, 1.165) is 12.8 Å². The Morgan fingerprint density at radius 3 is 1.38 bits per heavy atom. The van der Waals surface area contributed by atoms with E-state index in [1.54, 1.807) is 0 Å². The standard InChI is InChI=1S/C19H37NO/c1-16(2)20(17(3)4)19(21)18-14-12-10-8-6-5-7-9-11-13-15-18/h16-18H,5-15H2,1-4H3. The van der Waals surface area contributed by atoms with E-state index in [2.05, 4.69) is 32.6 Å². The third-order valence-corrected chi connectivity index (χ3v) is 4.82. The third-order valence-electron chi connectivity index (χ3n) is 4.82. The largest absolute Gasteiger partial charge is 0.338 e. The van der Waals surface area contributed by atoms with E-state index in [9.17, 15) is 4.79 Å². The molecule has 0 aromatic carbocycles. The second-order valence-electron chi connectivity index (χ2n) is 7.39. The minimum absolute atomic E-state index is 0.272. The maximum Gasteiger partial charge on any atom is 0.226 e. The van der Waals surface area contributed by atoms with Crippen LogP contribution in [0.5, 0.6) is 0 Å². The van der Waals surface area contributed by atoms with E-state index in [1.165, 1.54) is 57.8 Å². The van der Waals surface area contributed by atoms with Gasteiger partial charge in [-0.05, 0) is 40.5 Å². The molecule has 0 N–H and O–H groups in total. The molecular weight excluding hydrogens is 258 g/mol. The zero-order valence-electron chi connectivity index (χ0n) is 14.9. The van der Waals surface area contributed by atoms with Gasteiger partial charge in [0.1, 0.15) is 0 Å². The second kappa shape index (κ2) is 10.2. The summed E-state index contributed by atoms with van der Waals surface area (Å²) in [5.74, 6) is 0.686. The van der Waals surface area contributed by atoms with Gasteiger partial charge in [0.2, 0.25) is 5.91 Å². The average Bonchev–Trinajstić information content (AvgIpc) is 2.38. The van der Waals surface area contributed by atoms with Crippen LogP contribution < -0.4 is 0 Å². The Kier molecular flexibility index (Phi) is 9.03. The van der Waals surface area contributed by atoms with Crippen molar-refractivity contribution >= 4 is 5.91 Å².